The van der Waals surface area contributed by atoms with Crippen molar-refractivity contribution in [2.45, 2.75) is 10.6 Å². The van der Waals surface area contributed by atoms with E-state index >= 15 is 0 Å². The summed E-state index contributed by atoms with van der Waals surface area (Å²) >= 11 is 9.22. The van der Waals surface area contributed by atoms with E-state index in [9.17, 15) is 4.21 Å². The van der Waals surface area contributed by atoms with Crippen LogP contribution in [-0.2, 0) is 16.6 Å². The minimum absolute atomic E-state index is 0.384. The number of anilines is 1. The van der Waals surface area contributed by atoms with Gasteiger partial charge in [-0.3, -0.25) is 4.21 Å². The molecule has 0 aromatic heterocycles. The average Bonchev–Trinajstić information content (AvgIpc) is 2.34. The zero-order chi connectivity index (χ0) is 13.1. The molecular formula is C13H11BrClNOS. The molecule has 2 nitrogen and oxygen atoms in total. The molecule has 0 radical (unpaired) electrons. The fourth-order valence-corrected chi connectivity index (χ4v) is 3.55. The van der Waals surface area contributed by atoms with Gasteiger partial charge in [-0.05, 0) is 36.4 Å². The van der Waals surface area contributed by atoms with E-state index in [2.05, 4.69) is 15.9 Å². The van der Waals surface area contributed by atoms with E-state index in [-0.39, 0.29) is 0 Å². The quantitative estimate of drug-likeness (QED) is 0.855. The molecule has 0 spiro atoms. The number of rotatable bonds is 3. The Balaban J connectivity index is 2.24. The first-order valence-corrected chi connectivity index (χ1v) is 7.73. The first kappa shape index (κ1) is 13.6. The number of nitrogens with two attached hydrogens (primary N) is 1. The van der Waals surface area contributed by atoms with Crippen LogP contribution in [0.1, 0.15) is 5.56 Å². The van der Waals surface area contributed by atoms with Crippen LogP contribution in [0.4, 0.5) is 5.69 Å². The monoisotopic (exact) mass is 343 g/mol. The summed E-state index contributed by atoms with van der Waals surface area (Å²) in [6.07, 6.45) is 0. The van der Waals surface area contributed by atoms with E-state index in [0.29, 0.717) is 16.5 Å². The van der Waals surface area contributed by atoms with Crippen molar-refractivity contribution in [2.75, 3.05) is 5.73 Å². The standard InChI is InChI=1S/C13H11BrClNOS/c14-12-2-1-3-13(16)11(12)8-18(17)10-6-4-9(15)5-7-10/h1-7H,8,16H2. The first-order chi connectivity index (χ1) is 8.58. The highest BCUT2D eigenvalue weighted by Crippen LogP contribution is 2.25. The predicted octanol–water partition coefficient (Wildman–Crippen LogP) is 3.99. The molecule has 0 saturated carbocycles. The minimum Gasteiger partial charge on any atom is -0.398 e. The number of hydrogen-bond acceptors (Lipinski definition) is 2. The minimum atomic E-state index is -1.13. The zero-order valence-corrected chi connectivity index (χ0v) is 12.6. The number of benzene rings is 2. The summed E-state index contributed by atoms with van der Waals surface area (Å²) < 4.78 is 13.1. The van der Waals surface area contributed by atoms with Crippen LogP contribution >= 0.6 is 27.5 Å². The van der Waals surface area contributed by atoms with Crippen molar-refractivity contribution in [1.29, 1.82) is 0 Å². The lowest BCUT2D eigenvalue weighted by Crippen LogP contribution is -2.01. The van der Waals surface area contributed by atoms with Gasteiger partial charge < -0.3 is 5.73 Å². The first-order valence-electron chi connectivity index (χ1n) is 5.25. The smallest absolute Gasteiger partial charge is 0.0575 e. The third-order valence-electron chi connectivity index (χ3n) is 2.51. The van der Waals surface area contributed by atoms with Gasteiger partial charge in [-0.15, -0.1) is 0 Å². The molecule has 0 aliphatic carbocycles. The van der Waals surface area contributed by atoms with Gasteiger partial charge >= 0.3 is 0 Å². The Morgan fingerprint density at radius 2 is 1.83 bits per heavy atom. The summed E-state index contributed by atoms with van der Waals surface area (Å²) in [6.45, 7) is 0. The van der Waals surface area contributed by atoms with Gasteiger partial charge in [0, 0.05) is 25.6 Å². The summed E-state index contributed by atoms with van der Waals surface area (Å²) in [5, 5.41) is 0.635. The molecule has 2 rings (SSSR count). The molecule has 1 atom stereocenters. The van der Waals surface area contributed by atoms with E-state index in [1.807, 2.05) is 12.1 Å². The third-order valence-corrected chi connectivity index (χ3v) is 4.85. The summed E-state index contributed by atoms with van der Waals surface area (Å²) in [4.78, 5) is 0.745. The van der Waals surface area contributed by atoms with Crippen LogP contribution in [0, 0.1) is 0 Å². The van der Waals surface area contributed by atoms with E-state index in [1.54, 1.807) is 30.3 Å². The van der Waals surface area contributed by atoms with Gasteiger partial charge in [-0.25, -0.2) is 0 Å². The summed E-state index contributed by atoms with van der Waals surface area (Å²) in [7, 11) is -1.13. The zero-order valence-electron chi connectivity index (χ0n) is 9.40. The van der Waals surface area contributed by atoms with Crippen molar-refractivity contribution in [2.24, 2.45) is 0 Å². The molecule has 0 fully saturated rings. The highest BCUT2D eigenvalue weighted by Gasteiger charge is 2.10. The fraction of sp³-hybridized carbons (Fsp3) is 0.0769. The average molecular weight is 345 g/mol. The van der Waals surface area contributed by atoms with Gasteiger partial charge in [0.2, 0.25) is 0 Å². The predicted molar refractivity (Wildman–Crippen MR) is 80.1 cm³/mol. The molecule has 0 heterocycles. The Bertz CT molecular complexity index is 566. The number of nitrogen functional groups attached to an aromatic ring is 1. The summed E-state index contributed by atoms with van der Waals surface area (Å²) in [5.74, 6) is 0.384. The van der Waals surface area contributed by atoms with Gasteiger partial charge in [0.1, 0.15) is 0 Å². The van der Waals surface area contributed by atoms with Crippen LogP contribution < -0.4 is 5.73 Å². The SMILES string of the molecule is Nc1cccc(Br)c1CS(=O)c1ccc(Cl)cc1. The Kier molecular flexibility index (Phi) is 4.43. The van der Waals surface area contributed by atoms with Gasteiger partial charge in [0.05, 0.1) is 16.6 Å². The Labute approximate surface area is 122 Å². The van der Waals surface area contributed by atoms with E-state index in [1.165, 1.54) is 0 Å². The second-order valence-electron chi connectivity index (χ2n) is 3.75. The molecule has 1 unspecified atom stereocenters. The Morgan fingerprint density at radius 3 is 2.44 bits per heavy atom. The van der Waals surface area contributed by atoms with Crippen molar-refractivity contribution in [1.82, 2.24) is 0 Å². The lowest BCUT2D eigenvalue weighted by molar-refractivity contribution is 0.682. The lowest BCUT2D eigenvalue weighted by atomic mass is 10.2. The maximum atomic E-state index is 12.2. The molecule has 0 amide bonds. The molecule has 2 aromatic rings. The van der Waals surface area contributed by atoms with Crippen molar-refractivity contribution < 1.29 is 4.21 Å². The highest BCUT2D eigenvalue weighted by atomic mass is 79.9. The van der Waals surface area contributed by atoms with Gasteiger partial charge in [0.15, 0.2) is 0 Å². The van der Waals surface area contributed by atoms with Crippen LogP contribution in [0.2, 0.25) is 5.02 Å². The maximum absolute atomic E-state index is 12.2. The molecule has 18 heavy (non-hydrogen) atoms. The maximum Gasteiger partial charge on any atom is 0.0575 e. The lowest BCUT2D eigenvalue weighted by Gasteiger charge is -2.08. The van der Waals surface area contributed by atoms with E-state index in [4.69, 9.17) is 17.3 Å². The Hall–Kier alpha value is -0.840. The molecule has 94 valence electrons. The summed E-state index contributed by atoms with van der Waals surface area (Å²) in [6, 6.07) is 12.6. The molecule has 0 saturated heterocycles. The molecule has 5 heteroatoms. The van der Waals surface area contributed by atoms with Crippen molar-refractivity contribution >= 4 is 44.0 Å². The van der Waals surface area contributed by atoms with Crippen molar-refractivity contribution in [3.05, 3.63) is 57.5 Å². The summed E-state index contributed by atoms with van der Waals surface area (Å²) in [5.41, 5.74) is 7.40. The van der Waals surface area contributed by atoms with E-state index < -0.39 is 10.8 Å². The van der Waals surface area contributed by atoms with Gasteiger partial charge in [-0.1, -0.05) is 33.6 Å². The van der Waals surface area contributed by atoms with Crippen LogP contribution in [0.25, 0.3) is 0 Å². The van der Waals surface area contributed by atoms with Gasteiger partial charge in [-0.2, -0.15) is 0 Å². The Morgan fingerprint density at radius 1 is 1.17 bits per heavy atom. The number of hydrogen-bond donors (Lipinski definition) is 1. The van der Waals surface area contributed by atoms with Crippen molar-refractivity contribution in [3.63, 3.8) is 0 Å². The topological polar surface area (TPSA) is 43.1 Å². The van der Waals surface area contributed by atoms with Gasteiger partial charge in [0.25, 0.3) is 0 Å². The van der Waals surface area contributed by atoms with Crippen LogP contribution in [-0.4, -0.2) is 4.21 Å². The molecule has 0 aliphatic heterocycles. The molecule has 2 aromatic carbocycles. The fourth-order valence-electron chi connectivity index (χ4n) is 1.53. The highest BCUT2D eigenvalue weighted by molar-refractivity contribution is 9.10. The van der Waals surface area contributed by atoms with Crippen LogP contribution in [0.5, 0.6) is 0 Å². The molecular weight excluding hydrogens is 334 g/mol. The van der Waals surface area contributed by atoms with Crippen LogP contribution in [0.3, 0.4) is 0 Å². The molecule has 2 N–H and O–H groups in total. The van der Waals surface area contributed by atoms with E-state index in [0.717, 1.165) is 14.9 Å². The molecule has 0 bridgehead atoms. The number of halogens is 2. The normalized spacial score (nSPS) is 12.3. The van der Waals surface area contributed by atoms with Crippen molar-refractivity contribution in [3.8, 4) is 0 Å². The second kappa shape index (κ2) is 5.87. The third kappa shape index (κ3) is 3.13. The molecule has 0 aliphatic rings. The second-order valence-corrected chi connectivity index (χ2v) is 6.49. The van der Waals surface area contributed by atoms with Crippen LogP contribution in [0.15, 0.2) is 51.8 Å². The largest absolute Gasteiger partial charge is 0.398 e.